The lowest BCUT2D eigenvalue weighted by Gasteiger charge is -2.41. The van der Waals surface area contributed by atoms with Crippen LogP contribution < -0.4 is 5.32 Å². The molecule has 2 heteroatoms. The molecule has 0 amide bonds. The van der Waals surface area contributed by atoms with Crippen LogP contribution in [0.4, 0.5) is 0 Å². The van der Waals surface area contributed by atoms with E-state index in [1.165, 1.54) is 51.6 Å². The van der Waals surface area contributed by atoms with E-state index >= 15 is 0 Å². The zero-order valence-corrected chi connectivity index (χ0v) is 11.5. The lowest BCUT2D eigenvalue weighted by molar-refractivity contribution is 0.0890. The van der Waals surface area contributed by atoms with Gasteiger partial charge in [-0.25, -0.2) is 0 Å². The van der Waals surface area contributed by atoms with E-state index in [2.05, 4.69) is 24.1 Å². The summed E-state index contributed by atoms with van der Waals surface area (Å²) in [6.07, 6.45) is 8.57. The van der Waals surface area contributed by atoms with Gasteiger partial charge in [0, 0.05) is 24.7 Å². The molecule has 1 aliphatic carbocycles. The van der Waals surface area contributed by atoms with E-state index in [0.717, 1.165) is 30.0 Å². The third-order valence-electron chi connectivity index (χ3n) is 5.41. The van der Waals surface area contributed by atoms with Gasteiger partial charge in [0.1, 0.15) is 0 Å². The van der Waals surface area contributed by atoms with Crippen LogP contribution in [0.15, 0.2) is 0 Å². The van der Waals surface area contributed by atoms with Gasteiger partial charge in [-0.05, 0) is 56.9 Å². The maximum absolute atomic E-state index is 3.80. The van der Waals surface area contributed by atoms with Gasteiger partial charge in [-0.2, -0.15) is 0 Å². The van der Waals surface area contributed by atoms with Crippen molar-refractivity contribution in [1.82, 2.24) is 10.2 Å². The van der Waals surface area contributed by atoms with E-state index in [1.807, 2.05) is 0 Å². The van der Waals surface area contributed by atoms with Crippen LogP contribution in [0.5, 0.6) is 0 Å². The lowest BCUT2D eigenvalue weighted by Crippen LogP contribution is -2.46. The first-order valence-corrected chi connectivity index (χ1v) is 7.72. The average molecular weight is 236 g/mol. The number of likely N-dealkylation sites (tertiary alicyclic amines) is 1. The topological polar surface area (TPSA) is 15.3 Å². The number of rotatable bonds is 1. The van der Waals surface area contributed by atoms with Gasteiger partial charge >= 0.3 is 0 Å². The quantitative estimate of drug-likeness (QED) is 0.753. The standard InChI is InChI=1S/C15H28N2/c1-11-3-6-15(12(2)9-11)17-8-7-13-4-5-14(10-17)16-13/h11-16H,3-10H2,1-2H3. The van der Waals surface area contributed by atoms with Gasteiger partial charge < -0.3 is 5.32 Å². The molecule has 2 saturated heterocycles. The summed E-state index contributed by atoms with van der Waals surface area (Å²) in [5.41, 5.74) is 0. The third kappa shape index (κ3) is 2.53. The van der Waals surface area contributed by atoms with E-state index < -0.39 is 0 Å². The SMILES string of the molecule is CC1CCC(N2CCC3CCC(C2)N3)C(C)C1. The molecule has 2 bridgehead atoms. The molecule has 2 nitrogen and oxygen atoms in total. The first kappa shape index (κ1) is 12.0. The fourth-order valence-corrected chi connectivity index (χ4v) is 4.46. The van der Waals surface area contributed by atoms with Crippen LogP contribution in [0.3, 0.4) is 0 Å². The highest BCUT2D eigenvalue weighted by Crippen LogP contribution is 2.33. The third-order valence-corrected chi connectivity index (χ3v) is 5.41. The van der Waals surface area contributed by atoms with Crippen LogP contribution in [0.2, 0.25) is 0 Å². The van der Waals surface area contributed by atoms with Gasteiger partial charge in [-0.3, -0.25) is 4.90 Å². The number of hydrogen-bond donors (Lipinski definition) is 1. The van der Waals surface area contributed by atoms with Gasteiger partial charge in [0.05, 0.1) is 0 Å². The molecule has 2 heterocycles. The highest BCUT2D eigenvalue weighted by Gasteiger charge is 2.35. The smallest absolute Gasteiger partial charge is 0.0198 e. The van der Waals surface area contributed by atoms with Crippen molar-refractivity contribution >= 4 is 0 Å². The van der Waals surface area contributed by atoms with E-state index in [9.17, 15) is 0 Å². The molecule has 17 heavy (non-hydrogen) atoms. The van der Waals surface area contributed by atoms with Crippen LogP contribution in [-0.2, 0) is 0 Å². The minimum Gasteiger partial charge on any atom is -0.310 e. The molecule has 5 atom stereocenters. The minimum absolute atomic E-state index is 0.800. The fourth-order valence-electron chi connectivity index (χ4n) is 4.46. The summed E-state index contributed by atoms with van der Waals surface area (Å²) in [4.78, 5) is 2.83. The van der Waals surface area contributed by atoms with Crippen molar-refractivity contribution in [2.24, 2.45) is 11.8 Å². The van der Waals surface area contributed by atoms with Crippen molar-refractivity contribution in [2.45, 2.75) is 70.5 Å². The molecule has 0 aromatic rings. The van der Waals surface area contributed by atoms with Crippen LogP contribution in [-0.4, -0.2) is 36.1 Å². The van der Waals surface area contributed by atoms with Gasteiger partial charge in [-0.15, -0.1) is 0 Å². The van der Waals surface area contributed by atoms with E-state index in [0.29, 0.717) is 0 Å². The molecule has 1 saturated carbocycles. The van der Waals surface area contributed by atoms with Crippen molar-refractivity contribution < 1.29 is 0 Å². The molecule has 0 spiro atoms. The van der Waals surface area contributed by atoms with Crippen molar-refractivity contribution in [3.05, 3.63) is 0 Å². The summed E-state index contributed by atoms with van der Waals surface area (Å²) in [6.45, 7) is 7.58. The van der Waals surface area contributed by atoms with Crippen LogP contribution in [0, 0.1) is 11.8 Å². The second-order valence-electron chi connectivity index (χ2n) is 6.88. The molecular weight excluding hydrogens is 208 g/mol. The maximum Gasteiger partial charge on any atom is 0.0198 e. The molecule has 0 aromatic carbocycles. The maximum atomic E-state index is 3.80. The number of fused-ring (bicyclic) bond motifs is 2. The first-order valence-electron chi connectivity index (χ1n) is 7.72. The van der Waals surface area contributed by atoms with E-state index in [4.69, 9.17) is 0 Å². The Hall–Kier alpha value is -0.0800. The molecule has 3 fully saturated rings. The highest BCUT2D eigenvalue weighted by molar-refractivity contribution is 4.93. The summed E-state index contributed by atoms with van der Waals surface area (Å²) in [6, 6.07) is 2.52. The molecule has 2 aliphatic heterocycles. The molecule has 3 rings (SSSR count). The van der Waals surface area contributed by atoms with Crippen molar-refractivity contribution in [1.29, 1.82) is 0 Å². The Labute approximate surface area is 106 Å². The van der Waals surface area contributed by atoms with Gasteiger partial charge in [0.2, 0.25) is 0 Å². The van der Waals surface area contributed by atoms with Gasteiger partial charge in [-0.1, -0.05) is 13.8 Å². The molecular formula is C15H28N2. The second kappa shape index (κ2) is 4.89. The average Bonchev–Trinajstić information content (AvgIpc) is 2.60. The van der Waals surface area contributed by atoms with E-state index in [1.54, 1.807) is 0 Å². The largest absolute Gasteiger partial charge is 0.310 e. The Morgan fingerprint density at radius 2 is 1.76 bits per heavy atom. The summed E-state index contributed by atoms with van der Waals surface area (Å²) in [5.74, 6) is 1.87. The number of nitrogens with zero attached hydrogens (tertiary/aromatic N) is 1. The minimum atomic E-state index is 0.800. The zero-order valence-electron chi connectivity index (χ0n) is 11.5. The van der Waals surface area contributed by atoms with Gasteiger partial charge in [0.15, 0.2) is 0 Å². The summed E-state index contributed by atoms with van der Waals surface area (Å²) in [5, 5.41) is 3.80. The lowest BCUT2D eigenvalue weighted by atomic mass is 9.79. The van der Waals surface area contributed by atoms with Crippen molar-refractivity contribution in [2.75, 3.05) is 13.1 Å². The normalized spacial score (nSPS) is 48.0. The Balaban J connectivity index is 1.63. The Morgan fingerprint density at radius 1 is 0.941 bits per heavy atom. The second-order valence-corrected chi connectivity index (χ2v) is 6.88. The van der Waals surface area contributed by atoms with Crippen molar-refractivity contribution in [3.8, 4) is 0 Å². The summed E-state index contributed by atoms with van der Waals surface area (Å²) in [7, 11) is 0. The Morgan fingerprint density at radius 3 is 2.59 bits per heavy atom. The van der Waals surface area contributed by atoms with Crippen LogP contribution in [0.1, 0.15) is 52.4 Å². The Kier molecular flexibility index (Phi) is 3.45. The molecule has 0 aromatic heterocycles. The first-order chi connectivity index (χ1) is 8.22. The molecule has 98 valence electrons. The molecule has 3 aliphatic rings. The molecule has 0 radical (unpaired) electrons. The predicted molar refractivity (Wildman–Crippen MR) is 72.1 cm³/mol. The van der Waals surface area contributed by atoms with Crippen LogP contribution in [0.25, 0.3) is 0 Å². The zero-order chi connectivity index (χ0) is 11.8. The van der Waals surface area contributed by atoms with E-state index in [-0.39, 0.29) is 0 Å². The monoisotopic (exact) mass is 236 g/mol. The fraction of sp³-hybridized carbons (Fsp3) is 1.00. The van der Waals surface area contributed by atoms with Crippen molar-refractivity contribution in [3.63, 3.8) is 0 Å². The Bertz CT molecular complexity index is 266. The van der Waals surface area contributed by atoms with Crippen LogP contribution >= 0.6 is 0 Å². The number of hydrogen-bond acceptors (Lipinski definition) is 2. The summed E-state index contributed by atoms with van der Waals surface area (Å²) >= 11 is 0. The molecule has 1 N–H and O–H groups in total. The molecule has 5 unspecified atom stereocenters. The highest BCUT2D eigenvalue weighted by atomic mass is 15.2. The summed E-state index contributed by atoms with van der Waals surface area (Å²) < 4.78 is 0. The predicted octanol–water partition coefficient (Wildman–Crippen LogP) is 2.64. The number of nitrogens with one attached hydrogen (secondary N) is 1. The van der Waals surface area contributed by atoms with Gasteiger partial charge in [0.25, 0.3) is 0 Å².